The Hall–Kier alpha value is -4.10. The molecule has 1 rings (SSSR count). The third kappa shape index (κ3) is 73.8. The van der Waals surface area contributed by atoms with Gasteiger partial charge < -0.3 is 43.3 Å². The molecule has 4 unspecified atom stereocenters. The van der Waals surface area contributed by atoms with Gasteiger partial charge in [0.15, 0.2) is 0 Å². The molecule has 1 aromatic rings. The number of nitrogens with zero attached hydrogens (tertiary/aromatic N) is 5. The van der Waals surface area contributed by atoms with Crippen LogP contribution in [-0.2, 0) is 33.3 Å². The van der Waals surface area contributed by atoms with Crippen LogP contribution in [0.1, 0.15) is 444 Å². The van der Waals surface area contributed by atoms with Gasteiger partial charge in [0.25, 0.3) is 5.69 Å². The summed E-state index contributed by atoms with van der Waals surface area (Å²) in [6.45, 7) is 42.8. The minimum Gasteiger partial charge on any atom is -0.465 e. The Morgan fingerprint density at radius 3 is 0.966 bits per heavy atom. The highest BCUT2D eigenvalue weighted by Crippen LogP contribution is 2.25. The number of non-ortho nitro benzene ring substituents is 1. The second-order valence-electron chi connectivity index (χ2n) is 34.1. The van der Waals surface area contributed by atoms with Crippen LogP contribution in [0.5, 0.6) is 5.75 Å². The highest BCUT2D eigenvalue weighted by atomic mass is 16.7. The van der Waals surface area contributed by atoms with Gasteiger partial charge in [0.1, 0.15) is 24.6 Å². The number of benzene rings is 1. The van der Waals surface area contributed by atoms with Crippen molar-refractivity contribution in [2.45, 2.75) is 468 Å². The van der Waals surface area contributed by atoms with Crippen LogP contribution in [0.25, 0.3) is 0 Å². The van der Waals surface area contributed by atoms with E-state index < -0.39 is 17.2 Å². The monoisotopic (exact) mass is 1640 g/mol. The van der Waals surface area contributed by atoms with Crippen molar-refractivity contribution in [3.05, 3.63) is 34.4 Å². The van der Waals surface area contributed by atoms with Crippen LogP contribution >= 0.6 is 0 Å². The average molecular weight is 1650 g/mol. The molecule has 0 aliphatic heterocycles. The lowest BCUT2D eigenvalue weighted by Gasteiger charge is -2.29. The van der Waals surface area contributed by atoms with Gasteiger partial charge in [-0.25, -0.2) is 9.59 Å². The van der Waals surface area contributed by atoms with Crippen molar-refractivity contribution in [3.63, 3.8) is 0 Å². The Kier molecular flexibility index (Phi) is 84.3. The lowest BCUT2D eigenvalue weighted by Crippen LogP contribution is -2.40. The van der Waals surface area contributed by atoms with Crippen molar-refractivity contribution in [1.82, 2.24) is 19.6 Å². The third-order valence-corrected chi connectivity index (χ3v) is 23.3. The van der Waals surface area contributed by atoms with Crippen LogP contribution in [0.15, 0.2) is 24.3 Å². The van der Waals surface area contributed by atoms with E-state index in [4.69, 9.17) is 33.5 Å². The Labute approximate surface area is 715 Å². The molecule has 0 aromatic heterocycles. The highest BCUT2D eigenvalue weighted by Gasteiger charge is 2.21. The number of nitro groups is 1. The molecule has 1 aromatic carbocycles. The zero-order valence-electron chi connectivity index (χ0n) is 78.4. The predicted octanol–water partition coefficient (Wildman–Crippen LogP) is 27.6. The summed E-state index contributed by atoms with van der Waals surface area (Å²) in [7, 11) is 0. The first kappa shape index (κ1) is 114. The van der Waals surface area contributed by atoms with E-state index in [9.17, 15) is 29.3 Å². The molecule has 0 aliphatic carbocycles. The Bertz CT molecular complexity index is 2290. The summed E-state index contributed by atoms with van der Waals surface area (Å²) in [6.07, 6.45) is 60.7. The van der Waals surface area contributed by atoms with E-state index in [0.717, 1.165) is 194 Å². The van der Waals surface area contributed by atoms with E-state index in [1.54, 1.807) is 0 Å². The molecule has 0 bridgehead atoms. The molecule has 1 N–H and O–H groups in total. The molecule has 0 spiro atoms. The zero-order chi connectivity index (χ0) is 86.0. The fraction of sp³-hybridized carbons (Fsp3) is 0.898. The van der Waals surface area contributed by atoms with Crippen molar-refractivity contribution < 1.29 is 57.6 Å². The van der Waals surface area contributed by atoms with Crippen LogP contribution < -0.4 is 4.74 Å². The smallest absolute Gasteiger partial charge is 0.465 e. The number of aliphatic hydroxyl groups is 1. The second kappa shape index (κ2) is 85.9. The van der Waals surface area contributed by atoms with E-state index >= 15 is 0 Å². The maximum atomic E-state index is 12.8. The summed E-state index contributed by atoms with van der Waals surface area (Å²) in [5.74, 6) is 1.19. The molecular weight excluding hydrogens is 1460 g/mol. The SMILES string of the molecule is CCCCCCCCCCCCC(CCCCCCCCC(=O)OCC(CCCC)CCCCCC)OC(=O)OCCN(CCN(CC)CC)C(C)C.CCCCCCCCCCCCC(CCCCCCCCC(=O)OCC(CCCC)CCCCCC)OC(=O)Oc1ccc([N+](=O)[O-])cc1.CCN(CC)CCN(CCO)C(C)C. The average Bonchev–Trinajstić information content (AvgIpc) is 0.884. The number of likely N-dealkylation sites (N-methyl/N-ethyl adjacent to an activating group) is 2. The maximum absolute atomic E-state index is 12.8. The van der Waals surface area contributed by atoms with Gasteiger partial charge in [-0.3, -0.25) is 29.5 Å². The van der Waals surface area contributed by atoms with Crippen molar-refractivity contribution in [2.24, 2.45) is 11.8 Å². The fourth-order valence-electron chi connectivity index (χ4n) is 15.1. The fourth-order valence-corrected chi connectivity index (χ4v) is 15.1. The molecule has 0 aliphatic rings. The molecule has 0 fully saturated rings. The summed E-state index contributed by atoms with van der Waals surface area (Å²) < 4.78 is 34.0. The molecule has 4 atom stereocenters. The van der Waals surface area contributed by atoms with E-state index in [-0.39, 0.29) is 42.2 Å². The Morgan fingerprint density at radius 2 is 0.647 bits per heavy atom. The topological polar surface area (TPSA) is 200 Å². The minimum absolute atomic E-state index is 0.0181. The molecule has 18 heteroatoms. The number of aliphatic hydroxyl groups excluding tert-OH is 1. The number of carbonyl (C=O) groups excluding carboxylic acids is 4. The third-order valence-electron chi connectivity index (χ3n) is 23.3. The van der Waals surface area contributed by atoms with Crippen molar-refractivity contribution >= 4 is 29.9 Å². The first-order valence-corrected chi connectivity index (χ1v) is 49.2. The normalized spacial score (nSPS) is 12.6. The zero-order valence-corrected chi connectivity index (χ0v) is 78.4. The summed E-state index contributed by atoms with van der Waals surface area (Å²) in [5.41, 5.74) is -0.0565. The minimum atomic E-state index is -0.758. The van der Waals surface area contributed by atoms with Crippen LogP contribution in [0.3, 0.4) is 0 Å². The molecule has 116 heavy (non-hydrogen) atoms. The van der Waals surface area contributed by atoms with Crippen LogP contribution in [0, 0.1) is 22.0 Å². The van der Waals surface area contributed by atoms with Crippen LogP contribution in [-0.4, -0.2) is 170 Å². The van der Waals surface area contributed by atoms with Gasteiger partial charge in [0, 0.05) is 76.3 Å². The second-order valence-corrected chi connectivity index (χ2v) is 34.1. The number of carbonyl (C=O) groups is 4. The van der Waals surface area contributed by atoms with Crippen molar-refractivity contribution in [1.29, 1.82) is 0 Å². The molecule has 0 saturated heterocycles. The number of hydrogen-bond donors (Lipinski definition) is 1. The summed E-state index contributed by atoms with van der Waals surface area (Å²) in [5, 5.41) is 19.8. The number of esters is 2. The van der Waals surface area contributed by atoms with Gasteiger partial charge in [0.2, 0.25) is 0 Å². The molecular formula is C98H189N5O13. The van der Waals surface area contributed by atoms with E-state index in [2.05, 4.69) is 117 Å². The molecule has 0 radical (unpaired) electrons. The molecule has 684 valence electrons. The number of unbranched alkanes of at least 4 members (excludes halogenated alkanes) is 36. The highest BCUT2D eigenvalue weighted by molar-refractivity contribution is 5.69. The first-order valence-electron chi connectivity index (χ1n) is 49.2. The summed E-state index contributed by atoms with van der Waals surface area (Å²) in [4.78, 5) is 70.1. The van der Waals surface area contributed by atoms with E-state index in [1.165, 1.54) is 230 Å². The van der Waals surface area contributed by atoms with Gasteiger partial charge >= 0.3 is 24.2 Å². The molecule has 0 heterocycles. The van der Waals surface area contributed by atoms with Crippen LogP contribution in [0.2, 0.25) is 0 Å². The van der Waals surface area contributed by atoms with Crippen molar-refractivity contribution in [2.75, 3.05) is 91.9 Å². The van der Waals surface area contributed by atoms with Gasteiger partial charge in [-0.2, -0.15) is 0 Å². The number of nitro benzene ring substituents is 1. The van der Waals surface area contributed by atoms with Gasteiger partial charge in [-0.1, -0.05) is 313 Å². The standard InChI is InChI=1S/C46H92N2O5.C41H71NO7.C11H26N2O/c1-8-13-16-18-19-20-21-22-25-29-34-44(53-46(50)51-40-39-48(42(6)7)38-37-47(11-4)12-5)35-30-26-23-24-27-31-36-45(49)52-41-43(32-15-10-3)33-28-17-14-9-2;1-4-7-10-12-13-14-15-16-19-23-28-38(48-41(44)49-39-33-31-37(32-34-39)42(45)46)29-24-20-17-18-21-25-30-40(43)47-35-36(26-9-6-3)27-22-11-8-5-2;1-5-12(6-2)7-8-13(9-10-14)11(3)4/h42-44H,8-41H2,1-7H3;31-34,36,38H,4-30,35H2,1-3H3;11,14H,5-10H2,1-4H3. The lowest BCUT2D eigenvalue weighted by atomic mass is 9.96. The largest absolute Gasteiger partial charge is 0.514 e. The quantitative estimate of drug-likeness (QED) is 0.0161. The number of hydrogen-bond acceptors (Lipinski definition) is 17. The van der Waals surface area contributed by atoms with Crippen molar-refractivity contribution in [3.8, 4) is 5.75 Å². The molecule has 0 amide bonds. The van der Waals surface area contributed by atoms with Gasteiger partial charge in [-0.05, 0) is 168 Å². The number of ether oxygens (including phenoxy) is 6. The first-order chi connectivity index (χ1) is 56.3. The maximum Gasteiger partial charge on any atom is 0.514 e. The van der Waals surface area contributed by atoms with E-state index in [1.807, 2.05) is 0 Å². The molecule has 18 nitrogen and oxygen atoms in total. The van der Waals surface area contributed by atoms with Gasteiger partial charge in [0.05, 0.1) is 24.7 Å². The van der Waals surface area contributed by atoms with Crippen LogP contribution in [0.4, 0.5) is 15.3 Å². The summed E-state index contributed by atoms with van der Waals surface area (Å²) in [6, 6.07) is 6.38. The summed E-state index contributed by atoms with van der Waals surface area (Å²) >= 11 is 0. The molecule has 0 saturated carbocycles. The van der Waals surface area contributed by atoms with Gasteiger partial charge in [-0.15, -0.1) is 0 Å². The number of rotatable bonds is 81. The Balaban J connectivity index is 0. The lowest BCUT2D eigenvalue weighted by molar-refractivity contribution is -0.384. The Morgan fingerprint density at radius 1 is 0.353 bits per heavy atom. The van der Waals surface area contributed by atoms with E-state index in [0.29, 0.717) is 56.6 Å². The predicted molar refractivity (Wildman–Crippen MR) is 489 cm³/mol.